The van der Waals surface area contributed by atoms with Crippen LogP contribution in [-0.2, 0) is 27.2 Å². The normalized spacial score (nSPS) is 11.4. The molecule has 0 fully saturated rings. The molecule has 0 aliphatic carbocycles. The number of nitrogens with zero attached hydrogens (tertiary/aromatic N) is 1. The van der Waals surface area contributed by atoms with Gasteiger partial charge >= 0.3 is 11.9 Å². The maximum Gasteiger partial charge on any atom is 0.306 e. The third-order valence-corrected chi connectivity index (χ3v) is 4.82. The van der Waals surface area contributed by atoms with Crippen LogP contribution in [0.5, 0.6) is 5.75 Å². The monoisotopic (exact) mass is 477 g/mol. The van der Waals surface area contributed by atoms with Crippen LogP contribution in [0.25, 0.3) is 0 Å². The zero-order chi connectivity index (χ0) is 23.5. The molecule has 0 saturated heterocycles. The minimum Gasteiger partial charge on any atom is -0.489 e. The van der Waals surface area contributed by atoms with E-state index in [4.69, 9.17) is 14.6 Å². The third kappa shape index (κ3) is 10.5. The lowest BCUT2D eigenvalue weighted by Crippen LogP contribution is -2.35. The van der Waals surface area contributed by atoms with Gasteiger partial charge in [0.1, 0.15) is 18.5 Å². The van der Waals surface area contributed by atoms with E-state index in [1.807, 2.05) is 67.5 Å². The van der Waals surface area contributed by atoms with E-state index in [2.05, 4.69) is 0 Å². The van der Waals surface area contributed by atoms with Gasteiger partial charge in [-0.2, -0.15) is 0 Å². The highest BCUT2D eigenvalue weighted by atomic mass is 35.5. The number of benzene rings is 2. The minimum atomic E-state index is -1.04. The van der Waals surface area contributed by atoms with E-state index in [-0.39, 0.29) is 37.6 Å². The average Bonchev–Trinajstić information content (AvgIpc) is 2.75. The van der Waals surface area contributed by atoms with Crippen molar-refractivity contribution in [3.05, 3.63) is 65.2 Å². The number of para-hydroxylation sites is 1. The van der Waals surface area contributed by atoms with Gasteiger partial charge in [0.2, 0.25) is 0 Å². The first kappa shape index (κ1) is 28.1. The summed E-state index contributed by atoms with van der Waals surface area (Å²) >= 11 is 0. The minimum absolute atomic E-state index is 0. The topological polar surface area (TPSA) is 93.1 Å². The highest BCUT2D eigenvalue weighted by Gasteiger charge is 2.18. The fraction of sp³-hybridized carbons (Fsp3) is 0.400. The molecular formula is C25H32ClNO6. The molecule has 2 aromatic rings. The summed E-state index contributed by atoms with van der Waals surface area (Å²) in [5.74, 6) is -0.840. The number of aryl methyl sites for hydroxylation is 2. The van der Waals surface area contributed by atoms with Crippen LogP contribution in [0.4, 0.5) is 0 Å². The first-order valence-corrected chi connectivity index (χ1v) is 10.6. The van der Waals surface area contributed by atoms with Crippen LogP contribution < -0.4 is 4.74 Å². The fourth-order valence-electron chi connectivity index (χ4n) is 3.24. The number of Topliss-reactive ketones (excluding diaryl/α,β-unsaturated/α-hetero) is 1. The number of ether oxygens (including phenoxy) is 2. The Morgan fingerprint density at radius 2 is 1.73 bits per heavy atom. The Labute approximate surface area is 201 Å². The Morgan fingerprint density at radius 1 is 1.00 bits per heavy atom. The van der Waals surface area contributed by atoms with Crippen molar-refractivity contribution in [1.82, 2.24) is 4.90 Å². The summed E-state index contributed by atoms with van der Waals surface area (Å²) in [6.07, 6.45) is 0.532. The smallest absolute Gasteiger partial charge is 0.306 e. The number of rotatable bonds is 13. The van der Waals surface area contributed by atoms with Crippen molar-refractivity contribution < 1.29 is 29.0 Å². The van der Waals surface area contributed by atoms with E-state index in [0.717, 1.165) is 24.0 Å². The van der Waals surface area contributed by atoms with E-state index < -0.39 is 18.0 Å². The van der Waals surface area contributed by atoms with Crippen molar-refractivity contribution in [2.75, 3.05) is 27.2 Å². The zero-order valence-electron chi connectivity index (χ0n) is 19.3. The number of halogens is 1. The van der Waals surface area contributed by atoms with Crippen molar-refractivity contribution in [2.45, 2.75) is 38.7 Å². The first-order chi connectivity index (χ1) is 15.2. The number of aliphatic carboxylic acids is 1. The number of hydrogen-bond donors (Lipinski definition) is 1. The summed E-state index contributed by atoms with van der Waals surface area (Å²) in [4.78, 5) is 36.1. The summed E-state index contributed by atoms with van der Waals surface area (Å²) in [6, 6.07) is 15.3. The van der Waals surface area contributed by atoms with Crippen LogP contribution in [-0.4, -0.2) is 61.1 Å². The molecule has 0 heterocycles. The molecule has 1 unspecified atom stereocenters. The molecular weight excluding hydrogens is 446 g/mol. The van der Waals surface area contributed by atoms with Crippen molar-refractivity contribution in [1.29, 1.82) is 0 Å². The van der Waals surface area contributed by atoms with Gasteiger partial charge in [-0.1, -0.05) is 36.4 Å². The quantitative estimate of drug-likeness (QED) is 0.346. The van der Waals surface area contributed by atoms with E-state index in [9.17, 15) is 14.4 Å². The number of carboxylic acids is 1. The predicted molar refractivity (Wildman–Crippen MR) is 128 cm³/mol. The molecule has 0 spiro atoms. The lowest BCUT2D eigenvalue weighted by Gasteiger charge is -2.22. The number of hydrogen-bond acceptors (Lipinski definition) is 6. The van der Waals surface area contributed by atoms with Crippen LogP contribution in [0.15, 0.2) is 48.5 Å². The van der Waals surface area contributed by atoms with Crippen molar-refractivity contribution >= 4 is 30.1 Å². The molecule has 1 N–H and O–H groups in total. The molecule has 0 amide bonds. The van der Waals surface area contributed by atoms with E-state index in [0.29, 0.717) is 17.9 Å². The number of carbonyl (C=O) groups excluding carboxylic acids is 2. The van der Waals surface area contributed by atoms with Crippen LogP contribution >= 0.6 is 12.4 Å². The molecule has 0 radical (unpaired) electrons. The van der Waals surface area contributed by atoms with Crippen LogP contribution in [0.1, 0.15) is 41.3 Å². The van der Waals surface area contributed by atoms with Gasteiger partial charge in [-0.05, 0) is 57.1 Å². The van der Waals surface area contributed by atoms with Gasteiger partial charge < -0.3 is 19.5 Å². The molecule has 0 bridgehead atoms. The number of carbonyl (C=O) groups is 3. The molecule has 2 rings (SSSR count). The second kappa shape index (κ2) is 14.3. The number of ketones is 1. The van der Waals surface area contributed by atoms with Gasteiger partial charge in [0.15, 0.2) is 5.78 Å². The average molecular weight is 478 g/mol. The second-order valence-corrected chi connectivity index (χ2v) is 7.94. The van der Waals surface area contributed by atoms with Gasteiger partial charge in [0.25, 0.3) is 0 Å². The molecule has 180 valence electrons. The number of esters is 1. The van der Waals surface area contributed by atoms with E-state index >= 15 is 0 Å². The standard InChI is InChI=1S/C25H31NO6.ClH/c1-18(27)21-9-6-7-19(15-21)11-12-20-8-4-5-10-23(20)31-17-22(16-26(2)3)32-25(30)14-13-24(28)29;/h4-10,15,22H,11-14,16-17H2,1-3H3,(H,28,29);1H. The van der Waals surface area contributed by atoms with Crippen molar-refractivity contribution in [2.24, 2.45) is 0 Å². The second-order valence-electron chi connectivity index (χ2n) is 7.94. The molecule has 33 heavy (non-hydrogen) atoms. The molecule has 2 aromatic carbocycles. The fourth-order valence-corrected chi connectivity index (χ4v) is 3.24. The third-order valence-electron chi connectivity index (χ3n) is 4.82. The Morgan fingerprint density at radius 3 is 2.39 bits per heavy atom. The lowest BCUT2D eigenvalue weighted by molar-refractivity contribution is -0.153. The van der Waals surface area contributed by atoms with Gasteiger partial charge in [-0.15, -0.1) is 12.4 Å². The maximum atomic E-state index is 12.0. The van der Waals surface area contributed by atoms with E-state index in [1.54, 1.807) is 6.92 Å². The summed E-state index contributed by atoms with van der Waals surface area (Å²) in [5, 5.41) is 8.74. The predicted octanol–water partition coefficient (Wildman–Crippen LogP) is 3.81. The summed E-state index contributed by atoms with van der Waals surface area (Å²) in [5.41, 5.74) is 2.79. The molecule has 7 nitrogen and oxygen atoms in total. The SMILES string of the molecule is CC(=O)c1cccc(CCc2ccccc2OCC(CN(C)C)OC(=O)CCC(=O)O)c1.Cl. The highest BCUT2D eigenvalue weighted by Crippen LogP contribution is 2.21. The van der Waals surface area contributed by atoms with E-state index in [1.165, 1.54) is 0 Å². The number of likely N-dealkylation sites (N-methyl/N-ethyl adjacent to an activating group) is 1. The van der Waals surface area contributed by atoms with Gasteiger partial charge in [0, 0.05) is 12.1 Å². The summed E-state index contributed by atoms with van der Waals surface area (Å²) < 4.78 is 11.4. The molecule has 0 aliphatic heterocycles. The zero-order valence-corrected chi connectivity index (χ0v) is 20.1. The Bertz CT molecular complexity index is 931. The van der Waals surface area contributed by atoms with Crippen LogP contribution in [0, 0.1) is 0 Å². The Balaban J connectivity index is 0.00000544. The summed E-state index contributed by atoms with van der Waals surface area (Å²) in [7, 11) is 3.72. The van der Waals surface area contributed by atoms with Gasteiger partial charge in [0.05, 0.1) is 12.8 Å². The van der Waals surface area contributed by atoms with Crippen molar-refractivity contribution in [3.8, 4) is 5.75 Å². The lowest BCUT2D eigenvalue weighted by atomic mass is 10.0. The Kier molecular flexibility index (Phi) is 12.2. The van der Waals surface area contributed by atoms with Crippen LogP contribution in [0.2, 0.25) is 0 Å². The highest BCUT2D eigenvalue weighted by molar-refractivity contribution is 5.94. The van der Waals surface area contributed by atoms with Crippen molar-refractivity contribution in [3.63, 3.8) is 0 Å². The molecule has 0 aliphatic rings. The van der Waals surface area contributed by atoms with Gasteiger partial charge in [-0.25, -0.2) is 0 Å². The number of carboxylic acid groups (broad SMARTS) is 1. The largest absolute Gasteiger partial charge is 0.489 e. The van der Waals surface area contributed by atoms with Gasteiger partial charge in [-0.3, -0.25) is 14.4 Å². The molecule has 8 heteroatoms. The summed E-state index contributed by atoms with van der Waals surface area (Å²) in [6.45, 7) is 2.17. The molecule has 1 atom stereocenters. The molecule has 0 saturated carbocycles. The van der Waals surface area contributed by atoms with Crippen LogP contribution in [0.3, 0.4) is 0 Å². The maximum absolute atomic E-state index is 12.0. The first-order valence-electron chi connectivity index (χ1n) is 10.6. The Hall–Kier alpha value is -2.90. The molecule has 0 aromatic heterocycles.